The van der Waals surface area contributed by atoms with Crippen LogP contribution >= 0.6 is 45.8 Å². The van der Waals surface area contributed by atoms with Gasteiger partial charge in [0.05, 0.1) is 10.2 Å². The zero-order valence-electron chi connectivity index (χ0n) is 21.9. The summed E-state index contributed by atoms with van der Waals surface area (Å²) in [5, 5.41) is 1.91. The standard InChI is InChI=1S/C30H26Cl2INO6/c1-4-37-24-12-17(11-22(33)27(24)38-15-16-9-10-18(31)13-21(16)32)25(20-14-34-23-8-6-5-7-19(20)23)26-28(35)39-30(2,3)40-29(26)36/h5-14,25-26,34H,4,15H2,1-3H3/t25-/m0/s1. The molecule has 0 unspecified atom stereocenters. The first-order chi connectivity index (χ1) is 19.1. The largest absolute Gasteiger partial charge is 0.490 e. The van der Waals surface area contributed by atoms with Crippen molar-refractivity contribution in [3.8, 4) is 11.5 Å². The van der Waals surface area contributed by atoms with Crippen LogP contribution in [0.3, 0.4) is 0 Å². The second-order valence-electron chi connectivity index (χ2n) is 9.77. The fourth-order valence-electron chi connectivity index (χ4n) is 4.86. The summed E-state index contributed by atoms with van der Waals surface area (Å²) < 4.78 is 24.0. The molecule has 208 valence electrons. The Balaban J connectivity index is 1.60. The Morgan fingerprint density at radius 1 is 1.02 bits per heavy atom. The number of fused-ring (bicyclic) bond motifs is 1. The van der Waals surface area contributed by atoms with Crippen LogP contribution in [-0.2, 0) is 25.7 Å². The van der Waals surface area contributed by atoms with Crippen LogP contribution in [-0.4, -0.2) is 29.3 Å². The summed E-state index contributed by atoms with van der Waals surface area (Å²) in [7, 11) is 0. The number of aromatic nitrogens is 1. The number of ether oxygens (including phenoxy) is 4. The monoisotopic (exact) mass is 693 g/mol. The SMILES string of the molecule is CCOc1cc([C@@H](c2c[nH]c3ccccc23)C2C(=O)OC(C)(C)OC2=O)cc(I)c1OCc1ccc(Cl)cc1Cl. The number of esters is 2. The molecule has 1 saturated heterocycles. The lowest BCUT2D eigenvalue weighted by molar-refractivity contribution is -0.240. The summed E-state index contributed by atoms with van der Waals surface area (Å²) in [6.07, 6.45) is 1.82. The molecule has 10 heteroatoms. The second-order valence-corrected chi connectivity index (χ2v) is 11.8. The summed E-state index contributed by atoms with van der Waals surface area (Å²) in [5.74, 6) is -3.61. The van der Waals surface area contributed by atoms with Crippen LogP contribution < -0.4 is 9.47 Å². The van der Waals surface area contributed by atoms with Crippen molar-refractivity contribution in [1.29, 1.82) is 0 Å². The Morgan fingerprint density at radius 3 is 2.45 bits per heavy atom. The van der Waals surface area contributed by atoms with E-state index >= 15 is 0 Å². The maximum atomic E-state index is 13.3. The Labute approximate surface area is 255 Å². The molecule has 0 spiro atoms. The van der Waals surface area contributed by atoms with E-state index in [9.17, 15) is 9.59 Å². The van der Waals surface area contributed by atoms with Crippen LogP contribution in [0.1, 0.15) is 43.4 Å². The predicted molar refractivity (Wildman–Crippen MR) is 161 cm³/mol. The third kappa shape index (κ3) is 5.75. The van der Waals surface area contributed by atoms with Gasteiger partial charge in [0.1, 0.15) is 6.61 Å². The first-order valence-corrected chi connectivity index (χ1v) is 14.5. The third-order valence-electron chi connectivity index (χ3n) is 6.57. The number of carbonyl (C=O) groups excluding carboxylic acids is 2. The number of hydrogen-bond acceptors (Lipinski definition) is 6. The maximum absolute atomic E-state index is 13.3. The van der Waals surface area contributed by atoms with Crippen molar-refractivity contribution < 1.29 is 28.5 Å². The first-order valence-electron chi connectivity index (χ1n) is 12.6. The number of para-hydroxylation sites is 1. The summed E-state index contributed by atoms with van der Waals surface area (Å²) in [5.41, 5.74) is 3.07. The maximum Gasteiger partial charge on any atom is 0.324 e. The number of aromatic amines is 1. The number of rotatable bonds is 8. The number of nitrogens with one attached hydrogen (secondary N) is 1. The van der Waals surface area contributed by atoms with Crippen molar-refractivity contribution in [1.82, 2.24) is 4.98 Å². The van der Waals surface area contributed by atoms with Crippen molar-refractivity contribution in [3.05, 3.63) is 91.1 Å². The molecule has 3 aromatic carbocycles. The van der Waals surface area contributed by atoms with E-state index in [0.29, 0.717) is 33.7 Å². The van der Waals surface area contributed by atoms with Crippen molar-refractivity contribution >= 4 is 68.6 Å². The van der Waals surface area contributed by atoms with Gasteiger partial charge in [0, 0.05) is 52.5 Å². The van der Waals surface area contributed by atoms with Gasteiger partial charge in [-0.15, -0.1) is 0 Å². The van der Waals surface area contributed by atoms with Crippen LogP contribution in [0.4, 0.5) is 0 Å². The molecule has 7 nitrogen and oxygen atoms in total. The Bertz CT molecular complexity index is 1580. The Morgan fingerprint density at radius 2 is 1.75 bits per heavy atom. The molecule has 1 aromatic heterocycles. The summed E-state index contributed by atoms with van der Waals surface area (Å²) in [6, 6.07) is 16.6. The molecular formula is C30H26Cl2INO6. The van der Waals surface area contributed by atoms with E-state index in [1.165, 1.54) is 13.8 Å². The summed E-state index contributed by atoms with van der Waals surface area (Å²) in [4.78, 5) is 29.9. The number of benzene rings is 3. The minimum absolute atomic E-state index is 0.188. The molecule has 0 radical (unpaired) electrons. The number of H-pyrrole nitrogens is 1. The highest BCUT2D eigenvalue weighted by atomic mass is 127. The first kappa shape index (κ1) is 28.6. The fourth-order valence-corrected chi connectivity index (χ4v) is 6.11. The van der Waals surface area contributed by atoms with Crippen molar-refractivity contribution in [2.24, 2.45) is 5.92 Å². The van der Waals surface area contributed by atoms with Crippen molar-refractivity contribution in [2.45, 2.75) is 39.1 Å². The van der Waals surface area contributed by atoms with Crippen LogP contribution in [0, 0.1) is 9.49 Å². The molecule has 1 aliphatic rings. The fraction of sp³-hybridized carbons (Fsp3) is 0.267. The lowest BCUT2D eigenvalue weighted by Crippen LogP contribution is -2.48. The van der Waals surface area contributed by atoms with E-state index in [0.717, 1.165) is 25.6 Å². The van der Waals surface area contributed by atoms with Gasteiger partial charge in [0.15, 0.2) is 17.4 Å². The lowest BCUT2D eigenvalue weighted by atomic mass is 9.80. The number of hydrogen-bond donors (Lipinski definition) is 1. The van der Waals surface area contributed by atoms with Gasteiger partial charge < -0.3 is 23.9 Å². The molecule has 2 heterocycles. The zero-order valence-corrected chi connectivity index (χ0v) is 25.6. The average Bonchev–Trinajstić information content (AvgIpc) is 3.30. The molecule has 4 aromatic rings. The highest BCUT2D eigenvalue weighted by molar-refractivity contribution is 14.1. The predicted octanol–water partition coefficient (Wildman–Crippen LogP) is 7.64. The molecule has 1 aliphatic heterocycles. The second kappa shape index (κ2) is 11.5. The molecule has 0 aliphatic carbocycles. The van der Waals surface area contributed by atoms with E-state index in [4.69, 9.17) is 42.1 Å². The highest BCUT2D eigenvalue weighted by Crippen LogP contribution is 2.45. The van der Waals surface area contributed by atoms with Gasteiger partial charge in [-0.3, -0.25) is 9.59 Å². The van der Waals surface area contributed by atoms with Crippen molar-refractivity contribution in [2.75, 3.05) is 6.61 Å². The zero-order chi connectivity index (χ0) is 28.6. The molecule has 40 heavy (non-hydrogen) atoms. The van der Waals surface area contributed by atoms with E-state index in [1.807, 2.05) is 43.5 Å². The van der Waals surface area contributed by atoms with Crippen LogP contribution in [0.2, 0.25) is 10.0 Å². The topological polar surface area (TPSA) is 86.9 Å². The van der Waals surface area contributed by atoms with E-state index < -0.39 is 29.6 Å². The van der Waals surface area contributed by atoms with Crippen LogP contribution in [0.5, 0.6) is 11.5 Å². The smallest absolute Gasteiger partial charge is 0.324 e. The molecule has 0 amide bonds. The van der Waals surface area contributed by atoms with E-state index in [1.54, 1.807) is 24.3 Å². The van der Waals surface area contributed by atoms with Gasteiger partial charge in [0.25, 0.3) is 5.79 Å². The summed E-state index contributed by atoms with van der Waals surface area (Å²) in [6.45, 7) is 5.50. The van der Waals surface area contributed by atoms with Gasteiger partial charge in [-0.1, -0.05) is 47.5 Å². The average molecular weight is 694 g/mol. The Hall–Kier alpha value is -2.95. The minimum atomic E-state index is -1.35. The number of halogens is 3. The quantitative estimate of drug-likeness (QED) is 0.116. The van der Waals surface area contributed by atoms with Crippen LogP contribution in [0.25, 0.3) is 10.9 Å². The lowest BCUT2D eigenvalue weighted by Gasteiger charge is -2.36. The Kier molecular flexibility index (Phi) is 8.22. The molecule has 5 rings (SSSR count). The van der Waals surface area contributed by atoms with E-state index in [2.05, 4.69) is 27.6 Å². The molecule has 0 bridgehead atoms. The van der Waals surface area contributed by atoms with Gasteiger partial charge in [0.2, 0.25) is 0 Å². The molecule has 1 N–H and O–H groups in total. The molecule has 0 saturated carbocycles. The highest BCUT2D eigenvalue weighted by Gasteiger charge is 2.49. The molecule has 1 atom stereocenters. The third-order valence-corrected chi connectivity index (χ3v) is 7.96. The van der Waals surface area contributed by atoms with E-state index in [-0.39, 0.29) is 6.61 Å². The van der Waals surface area contributed by atoms with Crippen molar-refractivity contribution in [3.63, 3.8) is 0 Å². The van der Waals surface area contributed by atoms with Gasteiger partial charge in [-0.2, -0.15) is 0 Å². The van der Waals surface area contributed by atoms with Gasteiger partial charge >= 0.3 is 11.9 Å². The van der Waals surface area contributed by atoms with Gasteiger partial charge in [-0.25, -0.2) is 0 Å². The summed E-state index contributed by atoms with van der Waals surface area (Å²) >= 11 is 14.6. The van der Waals surface area contributed by atoms with Crippen LogP contribution in [0.15, 0.2) is 60.8 Å². The minimum Gasteiger partial charge on any atom is -0.490 e. The molecular weight excluding hydrogens is 668 g/mol. The molecule has 1 fully saturated rings. The number of cyclic esters (lactones) is 2. The number of carbonyl (C=O) groups is 2. The van der Waals surface area contributed by atoms with Gasteiger partial charge in [-0.05, 0) is 71.0 Å². The normalized spacial score (nSPS) is 15.9.